The molecule has 0 spiro atoms. The number of hydrogen-bond donors (Lipinski definition) is 0. The Balaban J connectivity index is 0.00000203. The molecule has 4 heterocycles. The van der Waals surface area contributed by atoms with Gasteiger partial charge in [0.15, 0.2) is 0 Å². The number of para-hydroxylation sites is 1. The number of rotatable bonds is 7. The minimum absolute atomic E-state index is 0. The third-order valence-corrected chi connectivity index (χ3v) is 8.07. The Kier molecular flexibility index (Phi) is 9.85. The van der Waals surface area contributed by atoms with Gasteiger partial charge >= 0.3 is 42.1 Å². The third-order valence-electron chi connectivity index (χ3n) is 8.07. The summed E-state index contributed by atoms with van der Waals surface area (Å²) in [5.74, 6) is 2.62. The van der Waals surface area contributed by atoms with E-state index in [1.54, 1.807) is 12.4 Å². The van der Waals surface area contributed by atoms with E-state index in [1.165, 1.54) is 0 Å². The second-order valence-corrected chi connectivity index (χ2v) is 11.2. The number of benzene rings is 5. The van der Waals surface area contributed by atoms with Crippen LogP contribution in [-0.2, 0) is 42.1 Å². The first-order valence-electron chi connectivity index (χ1n) is 15.6. The molecule has 0 bridgehead atoms. The van der Waals surface area contributed by atoms with Crippen LogP contribution in [0.15, 0.2) is 140 Å². The molecule has 0 N–H and O–H groups in total. The van der Waals surface area contributed by atoms with Gasteiger partial charge in [0.05, 0.1) is 5.52 Å². The first-order chi connectivity index (χ1) is 24.2. The zero-order chi connectivity index (χ0) is 32.6. The molecule has 51 heavy (non-hydrogen) atoms. The van der Waals surface area contributed by atoms with Gasteiger partial charge in [-0.2, -0.15) is 22.9 Å². The second-order valence-electron chi connectivity index (χ2n) is 11.2. The summed E-state index contributed by atoms with van der Waals surface area (Å²) in [6.45, 7) is 0. The minimum atomic E-state index is 0. The summed E-state index contributed by atoms with van der Waals surface area (Å²) in [4.78, 5) is 18.6. The van der Waals surface area contributed by atoms with Gasteiger partial charge in [-0.3, -0.25) is 0 Å². The molecule has 0 aliphatic rings. The Labute approximate surface area is 322 Å². The van der Waals surface area contributed by atoms with Crippen LogP contribution in [-0.4, -0.2) is 24.5 Å². The van der Waals surface area contributed by atoms with Crippen molar-refractivity contribution in [1.29, 1.82) is 0 Å². The van der Waals surface area contributed by atoms with Crippen LogP contribution >= 0.6 is 0 Å². The van der Waals surface area contributed by atoms with Gasteiger partial charge in [-0.25, -0.2) is 9.97 Å². The Morgan fingerprint density at radius 3 is 1.55 bits per heavy atom. The molecule has 0 saturated carbocycles. The monoisotopic (exact) mass is 1020 g/mol. The van der Waals surface area contributed by atoms with Crippen molar-refractivity contribution in [3.8, 4) is 51.5 Å². The summed E-state index contributed by atoms with van der Waals surface area (Å²) in [5, 5.41) is 2.83. The van der Waals surface area contributed by atoms with Crippen molar-refractivity contribution in [2.24, 2.45) is 0 Å². The molecule has 0 radical (unpaired) electrons. The molecular formula is C42H23N5O2Pt2. The Bertz CT molecular complexity index is 2490. The molecule has 9 aromatic rings. The molecule has 9 heteroatoms. The molecule has 0 amide bonds. The number of aromatic nitrogens is 5. The second kappa shape index (κ2) is 14.8. The minimum Gasteiger partial charge on any atom is -0.503 e. The van der Waals surface area contributed by atoms with Gasteiger partial charge in [-0.1, -0.05) is 65.6 Å². The summed E-state index contributed by atoms with van der Waals surface area (Å²) in [6, 6.07) is 52.4. The number of nitrogens with zero attached hydrogens (tertiary/aromatic N) is 5. The molecule has 0 aliphatic carbocycles. The molecule has 0 aliphatic heterocycles. The van der Waals surface area contributed by atoms with Crippen LogP contribution in [0.2, 0.25) is 0 Å². The van der Waals surface area contributed by atoms with Crippen molar-refractivity contribution >= 4 is 32.7 Å². The molecule has 0 atom stereocenters. The first kappa shape index (κ1) is 34.0. The van der Waals surface area contributed by atoms with Crippen LogP contribution in [0.3, 0.4) is 0 Å². The summed E-state index contributed by atoms with van der Waals surface area (Å²) in [6.07, 6.45) is 5.35. The fourth-order valence-corrected chi connectivity index (χ4v) is 5.81. The average molecular weight is 1020 g/mol. The molecular weight excluding hydrogens is 997 g/mol. The van der Waals surface area contributed by atoms with E-state index in [0.29, 0.717) is 28.9 Å². The van der Waals surface area contributed by atoms with Crippen molar-refractivity contribution < 1.29 is 51.6 Å². The maximum absolute atomic E-state index is 6.32. The molecule has 9 rings (SSSR count). The van der Waals surface area contributed by atoms with Crippen molar-refractivity contribution in [1.82, 2.24) is 24.5 Å². The van der Waals surface area contributed by atoms with Gasteiger partial charge in [0.2, 0.25) is 5.95 Å². The zero-order valence-electron chi connectivity index (χ0n) is 26.5. The molecule has 4 aromatic heterocycles. The van der Waals surface area contributed by atoms with E-state index in [0.717, 1.165) is 55.2 Å². The van der Waals surface area contributed by atoms with Crippen molar-refractivity contribution in [2.45, 2.75) is 0 Å². The fourth-order valence-electron chi connectivity index (χ4n) is 5.81. The smallest absolute Gasteiger partial charge is 0.503 e. The number of ether oxygens (including phenoxy) is 2. The van der Waals surface area contributed by atoms with E-state index < -0.39 is 0 Å². The van der Waals surface area contributed by atoms with Gasteiger partial charge in [-0.15, -0.1) is 71.8 Å². The van der Waals surface area contributed by atoms with Gasteiger partial charge in [-0.05, 0) is 29.6 Å². The molecule has 0 unspecified atom stereocenters. The van der Waals surface area contributed by atoms with E-state index >= 15 is 0 Å². The number of hydrogen-bond acceptors (Lipinski definition) is 6. The van der Waals surface area contributed by atoms with E-state index in [2.05, 4.69) is 34.2 Å². The normalized spacial score (nSPS) is 10.8. The molecule has 7 nitrogen and oxygen atoms in total. The maximum atomic E-state index is 6.32. The quantitative estimate of drug-likeness (QED) is 0.148. The standard InChI is InChI=1S/C42H23N5O2.2Pt/c1-2-16-39-30(9-1)27-45-42(46-39)47-40-25-33(48-31-12-7-10-28(23-31)37-14-3-5-21-43-37)17-19-35(40)36-20-18-34(26-41(36)47)49-32-13-8-11-29(24-32)38-15-4-6-22-44-38;;/h1-22,27H;;/q-4;2*+2. The predicted molar refractivity (Wildman–Crippen MR) is 189 cm³/mol. The van der Waals surface area contributed by atoms with Crippen LogP contribution in [0.1, 0.15) is 0 Å². The van der Waals surface area contributed by atoms with Crippen LogP contribution in [0.25, 0.3) is 61.2 Å². The molecule has 5 aromatic carbocycles. The number of pyridine rings is 2. The van der Waals surface area contributed by atoms with Crippen molar-refractivity contribution in [2.75, 3.05) is 0 Å². The Morgan fingerprint density at radius 1 is 0.471 bits per heavy atom. The van der Waals surface area contributed by atoms with E-state index in [-0.39, 0.29) is 42.1 Å². The largest absolute Gasteiger partial charge is 2.00 e. The van der Waals surface area contributed by atoms with Crippen molar-refractivity contribution in [3.05, 3.63) is 164 Å². The summed E-state index contributed by atoms with van der Waals surface area (Å²) >= 11 is 0. The SMILES string of the molecule is [Pt+2].[Pt+2].[c-]1c(Oc2[c-]c3c(cc2)c2ccc(Oc4[c-]c(-c5ccccn5)ccc4)[c-]c2n3-c2ncc3ccccc3n2)cccc1-c1ccccn1. The number of fused-ring (bicyclic) bond motifs is 4. The van der Waals surface area contributed by atoms with Gasteiger partial charge in [0, 0.05) is 47.0 Å². The molecule has 248 valence electrons. The van der Waals surface area contributed by atoms with Crippen LogP contribution in [0.5, 0.6) is 23.0 Å². The van der Waals surface area contributed by atoms with Gasteiger partial charge < -0.3 is 24.0 Å². The first-order valence-corrected chi connectivity index (χ1v) is 15.6. The van der Waals surface area contributed by atoms with Crippen LogP contribution < -0.4 is 9.47 Å². The molecule has 0 saturated heterocycles. The van der Waals surface area contributed by atoms with Crippen LogP contribution in [0.4, 0.5) is 0 Å². The van der Waals surface area contributed by atoms with Crippen LogP contribution in [0, 0.1) is 24.3 Å². The zero-order valence-corrected chi connectivity index (χ0v) is 31.0. The third kappa shape index (κ3) is 6.83. The van der Waals surface area contributed by atoms with Gasteiger partial charge in [0.25, 0.3) is 0 Å². The van der Waals surface area contributed by atoms with E-state index in [9.17, 15) is 0 Å². The Hall–Kier alpha value is -5.48. The average Bonchev–Trinajstić information content (AvgIpc) is 3.48. The van der Waals surface area contributed by atoms with Gasteiger partial charge in [0.1, 0.15) is 0 Å². The predicted octanol–water partition coefficient (Wildman–Crippen LogP) is 9.63. The van der Waals surface area contributed by atoms with E-state index in [1.807, 2.05) is 132 Å². The summed E-state index contributed by atoms with van der Waals surface area (Å²) in [5.41, 5.74) is 5.60. The molecule has 0 fully saturated rings. The fraction of sp³-hybridized carbons (Fsp3) is 0. The van der Waals surface area contributed by atoms with E-state index in [4.69, 9.17) is 19.4 Å². The summed E-state index contributed by atoms with van der Waals surface area (Å²) < 4.78 is 14.6. The topological polar surface area (TPSA) is 75.0 Å². The summed E-state index contributed by atoms with van der Waals surface area (Å²) in [7, 11) is 0. The van der Waals surface area contributed by atoms with Crippen molar-refractivity contribution in [3.63, 3.8) is 0 Å². The maximum Gasteiger partial charge on any atom is 2.00 e. The Morgan fingerprint density at radius 2 is 1.00 bits per heavy atom.